The molecule has 2 aromatic rings. The molecule has 0 amide bonds. The Morgan fingerprint density at radius 2 is 0.962 bits per heavy atom. The molecule has 0 spiro atoms. The zero-order chi connectivity index (χ0) is 18.7. The van der Waals surface area contributed by atoms with Gasteiger partial charge >= 0.3 is 0 Å². The van der Waals surface area contributed by atoms with E-state index in [1.54, 1.807) is 0 Å². The standard InChI is InChI=1S/C22H28O2P2/c1-21(2,3)25-17-13-9-7-11-15(17)23-19(25)20-24-16-12-8-10-14-18(16)26(20)22(4,5)6/h7-14,19-20H,1-6H3/t19-,20-,25+,26+/m1/s1. The summed E-state index contributed by atoms with van der Waals surface area (Å²) >= 11 is 0. The van der Waals surface area contributed by atoms with Crippen LogP contribution < -0.4 is 20.1 Å². The Balaban J connectivity index is 1.80. The third-order valence-corrected chi connectivity index (χ3v) is 11.6. The molecule has 4 atom stereocenters. The van der Waals surface area contributed by atoms with Crippen molar-refractivity contribution in [3.8, 4) is 11.5 Å². The van der Waals surface area contributed by atoms with Crippen LogP contribution in [0.5, 0.6) is 11.5 Å². The molecule has 4 rings (SSSR count). The fraction of sp³-hybridized carbons (Fsp3) is 0.455. The van der Waals surface area contributed by atoms with E-state index in [0.717, 1.165) is 11.5 Å². The van der Waals surface area contributed by atoms with Crippen LogP contribution in [0.1, 0.15) is 41.5 Å². The van der Waals surface area contributed by atoms with E-state index in [-0.39, 0.29) is 22.0 Å². The van der Waals surface area contributed by atoms with Gasteiger partial charge in [-0.05, 0) is 38.3 Å². The molecular weight excluding hydrogens is 358 g/mol. The molecule has 4 heteroatoms. The minimum absolute atomic E-state index is 0.111. The average Bonchev–Trinajstić information content (AvgIpc) is 3.12. The van der Waals surface area contributed by atoms with Gasteiger partial charge in [-0.15, -0.1) is 0 Å². The Morgan fingerprint density at radius 1 is 0.615 bits per heavy atom. The van der Waals surface area contributed by atoms with Crippen molar-refractivity contribution in [3.05, 3.63) is 48.5 Å². The summed E-state index contributed by atoms with van der Waals surface area (Å²) in [5, 5.41) is 3.12. The van der Waals surface area contributed by atoms with Crippen molar-refractivity contribution in [1.82, 2.24) is 0 Å². The lowest BCUT2D eigenvalue weighted by Crippen LogP contribution is -2.37. The molecule has 0 fully saturated rings. The Morgan fingerprint density at radius 3 is 1.31 bits per heavy atom. The van der Waals surface area contributed by atoms with Crippen LogP contribution in [-0.2, 0) is 0 Å². The van der Waals surface area contributed by atoms with Gasteiger partial charge in [-0.3, -0.25) is 0 Å². The predicted molar refractivity (Wildman–Crippen MR) is 114 cm³/mol. The van der Waals surface area contributed by atoms with Gasteiger partial charge in [-0.25, -0.2) is 0 Å². The van der Waals surface area contributed by atoms with Crippen LogP contribution in [0.25, 0.3) is 0 Å². The van der Waals surface area contributed by atoms with Crippen LogP contribution in [0.3, 0.4) is 0 Å². The van der Waals surface area contributed by atoms with Crippen LogP contribution in [0.15, 0.2) is 48.5 Å². The van der Waals surface area contributed by atoms with E-state index in [1.165, 1.54) is 10.6 Å². The lowest BCUT2D eigenvalue weighted by molar-refractivity contribution is 0.171. The van der Waals surface area contributed by atoms with Crippen molar-refractivity contribution in [2.75, 3.05) is 0 Å². The molecule has 138 valence electrons. The maximum Gasteiger partial charge on any atom is 0.162 e. The maximum absolute atomic E-state index is 6.61. The number of hydrogen-bond acceptors (Lipinski definition) is 2. The minimum Gasteiger partial charge on any atom is -0.481 e. The third-order valence-electron chi connectivity index (χ3n) is 4.94. The first kappa shape index (κ1) is 18.3. The quantitative estimate of drug-likeness (QED) is 0.591. The van der Waals surface area contributed by atoms with Gasteiger partial charge in [0.1, 0.15) is 11.5 Å². The molecule has 2 nitrogen and oxygen atoms in total. The molecule has 2 heterocycles. The number of hydrogen-bond donors (Lipinski definition) is 0. The third kappa shape index (κ3) is 2.96. The lowest BCUT2D eigenvalue weighted by Gasteiger charge is -2.39. The van der Waals surface area contributed by atoms with E-state index in [1.807, 2.05) is 0 Å². The smallest absolute Gasteiger partial charge is 0.162 e. The summed E-state index contributed by atoms with van der Waals surface area (Å²) < 4.78 is 13.2. The molecule has 2 aromatic carbocycles. The Labute approximate surface area is 159 Å². The van der Waals surface area contributed by atoms with Crippen molar-refractivity contribution < 1.29 is 9.47 Å². The van der Waals surface area contributed by atoms with Crippen molar-refractivity contribution in [2.24, 2.45) is 0 Å². The number of rotatable bonds is 1. The first-order chi connectivity index (χ1) is 12.2. The molecule has 2 aliphatic heterocycles. The largest absolute Gasteiger partial charge is 0.481 e. The Kier molecular flexibility index (Phi) is 4.37. The molecule has 0 bridgehead atoms. The molecule has 0 aromatic heterocycles. The van der Waals surface area contributed by atoms with Crippen molar-refractivity contribution in [1.29, 1.82) is 0 Å². The van der Waals surface area contributed by atoms with E-state index in [2.05, 4.69) is 90.1 Å². The fourth-order valence-corrected chi connectivity index (χ4v) is 10.6. The van der Waals surface area contributed by atoms with Gasteiger partial charge in [0.15, 0.2) is 11.7 Å². The number of ether oxygens (including phenoxy) is 2. The molecule has 0 radical (unpaired) electrons. The van der Waals surface area contributed by atoms with Gasteiger partial charge in [0.05, 0.1) is 0 Å². The second kappa shape index (κ2) is 6.22. The van der Waals surface area contributed by atoms with Crippen LogP contribution >= 0.6 is 15.8 Å². The summed E-state index contributed by atoms with van der Waals surface area (Å²) in [6.45, 7) is 14.1. The molecule has 0 aliphatic carbocycles. The predicted octanol–water partition coefficient (Wildman–Crippen LogP) is 5.64. The molecular formula is C22H28O2P2. The summed E-state index contributed by atoms with van der Waals surface area (Å²) in [5.74, 6) is 2.34. The molecule has 0 unspecified atom stereocenters. The van der Waals surface area contributed by atoms with Crippen molar-refractivity contribution >= 4 is 26.5 Å². The summed E-state index contributed by atoms with van der Waals surface area (Å²) in [6, 6.07) is 17.2. The molecule has 0 saturated heterocycles. The molecule has 0 saturated carbocycles. The molecule has 0 N–H and O–H groups in total. The SMILES string of the molecule is CC(C)(C)[P@@]1c2ccccc2O[C@H]1[C@@H]1Oc2ccccc2[P@]1C(C)(C)C. The van der Waals surface area contributed by atoms with E-state index in [9.17, 15) is 0 Å². The summed E-state index contributed by atoms with van der Waals surface area (Å²) in [4.78, 5) is 0. The number of para-hydroxylation sites is 2. The normalized spacial score (nSPS) is 27.5. The van der Waals surface area contributed by atoms with Gasteiger partial charge in [-0.2, -0.15) is 0 Å². The van der Waals surface area contributed by atoms with E-state index < -0.39 is 15.8 Å². The molecule has 26 heavy (non-hydrogen) atoms. The highest BCUT2D eigenvalue weighted by Crippen LogP contribution is 2.67. The highest BCUT2D eigenvalue weighted by molar-refractivity contribution is 7.72. The zero-order valence-corrected chi connectivity index (χ0v) is 18.3. The number of benzene rings is 2. The second-order valence-electron chi connectivity index (χ2n) is 9.03. The minimum atomic E-state index is -0.484. The highest BCUT2D eigenvalue weighted by atomic mass is 31.1. The van der Waals surface area contributed by atoms with Crippen molar-refractivity contribution in [2.45, 2.75) is 63.5 Å². The molecule has 2 aliphatic rings. The summed E-state index contributed by atoms with van der Waals surface area (Å²) in [5.41, 5.74) is 0. The van der Waals surface area contributed by atoms with E-state index in [0.29, 0.717) is 0 Å². The topological polar surface area (TPSA) is 18.5 Å². The van der Waals surface area contributed by atoms with Crippen LogP contribution in [-0.4, -0.2) is 22.0 Å². The Hall–Kier alpha value is -1.10. The lowest BCUT2D eigenvalue weighted by atomic mass is 10.3. The van der Waals surface area contributed by atoms with Crippen LogP contribution in [0.2, 0.25) is 0 Å². The van der Waals surface area contributed by atoms with Gasteiger partial charge in [-0.1, -0.05) is 77.9 Å². The summed E-state index contributed by atoms with van der Waals surface area (Å²) in [7, 11) is -0.968. The Bertz CT molecular complexity index is 750. The van der Waals surface area contributed by atoms with Crippen LogP contribution in [0.4, 0.5) is 0 Å². The number of fused-ring (bicyclic) bond motifs is 2. The fourth-order valence-electron chi connectivity index (χ4n) is 4.01. The maximum atomic E-state index is 6.61. The van der Waals surface area contributed by atoms with E-state index in [4.69, 9.17) is 9.47 Å². The van der Waals surface area contributed by atoms with Gasteiger partial charge < -0.3 is 9.47 Å². The van der Waals surface area contributed by atoms with Gasteiger partial charge in [0.25, 0.3) is 0 Å². The average molecular weight is 386 g/mol. The van der Waals surface area contributed by atoms with Gasteiger partial charge in [0, 0.05) is 10.6 Å². The second-order valence-corrected chi connectivity index (χ2v) is 15.2. The zero-order valence-electron chi connectivity index (χ0n) is 16.5. The monoisotopic (exact) mass is 386 g/mol. The van der Waals surface area contributed by atoms with Crippen molar-refractivity contribution in [3.63, 3.8) is 0 Å². The first-order valence-electron chi connectivity index (χ1n) is 9.28. The summed E-state index contributed by atoms with van der Waals surface area (Å²) in [6.07, 6.45) is 0. The van der Waals surface area contributed by atoms with E-state index >= 15 is 0 Å². The van der Waals surface area contributed by atoms with Gasteiger partial charge in [0.2, 0.25) is 0 Å². The van der Waals surface area contributed by atoms with Crippen LogP contribution in [0, 0.1) is 0 Å². The first-order valence-corrected chi connectivity index (χ1v) is 12.1. The highest BCUT2D eigenvalue weighted by Gasteiger charge is 2.53.